The van der Waals surface area contributed by atoms with Crippen molar-refractivity contribution >= 4 is 17.7 Å². The van der Waals surface area contributed by atoms with Gasteiger partial charge >= 0.3 is 5.97 Å². The van der Waals surface area contributed by atoms with Crippen LogP contribution >= 0.6 is 0 Å². The molecule has 0 amide bonds. The van der Waals surface area contributed by atoms with E-state index in [4.69, 9.17) is 13.9 Å². The highest BCUT2D eigenvalue weighted by Gasteiger charge is 2.21. The molecular weight excluding hydrogens is 384 g/mol. The summed E-state index contributed by atoms with van der Waals surface area (Å²) >= 11 is 0. The Hall–Kier alpha value is -4.20. The van der Waals surface area contributed by atoms with Crippen molar-refractivity contribution in [2.24, 2.45) is 0 Å². The average Bonchev–Trinajstić information content (AvgIpc) is 3.48. The van der Waals surface area contributed by atoms with Gasteiger partial charge in [0.25, 0.3) is 0 Å². The number of carbonyl (C=O) groups excluding carboxylic acids is 1. The normalized spacial score (nSPS) is 11.3. The molecule has 0 saturated carbocycles. The number of para-hydroxylation sites is 1. The van der Waals surface area contributed by atoms with Gasteiger partial charge in [-0.1, -0.05) is 48.5 Å². The zero-order valence-corrected chi connectivity index (χ0v) is 16.1. The Labute approximate surface area is 172 Å². The second kappa shape index (κ2) is 8.87. The second-order valence-corrected chi connectivity index (χ2v) is 6.21. The van der Waals surface area contributed by atoms with Crippen LogP contribution in [0.15, 0.2) is 77.4 Å². The molecule has 0 saturated heterocycles. The van der Waals surface area contributed by atoms with Crippen LogP contribution in [-0.4, -0.2) is 33.3 Å². The van der Waals surface area contributed by atoms with E-state index < -0.39 is 5.97 Å². The fourth-order valence-electron chi connectivity index (χ4n) is 2.87. The lowest BCUT2D eigenvalue weighted by molar-refractivity contribution is -0.138. The maximum absolute atomic E-state index is 13.0. The Kier molecular flexibility index (Phi) is 5.66. The number of furan rings is 1. The molecule has 0 atom stereocenters. The summed E-state index contributed by atoms with van der Waals surface area (Å²) in [5.74, 6) is 0.896. The third-order valence-electron chi connectivity index (χ3n) is 4.31. The van der Waals surface area contributed by atoms with E-state index in [2.05, 4.69) is 15.5 Å². The average molecular weight is 402 g/mol. The van der Waals surface area contributed by atoms with E-state index in [0.717, 1.165) is 11.1 Å². The van der Waals surface area contributed by atoms with Crippen molar-refractivity contribution in [3.8, 4) is 17.1 Å². The molecule has 2 aromatic heterocycles. The van der Waals surface area contributed by atoms with Gasteiger partial charge in [0.15, 0.2) is 11.5 Å². The molecule has 0 bridgehead atoms. The predicted octanol–water partition coefficient (Wildman–Crippen LogP) is 3.68. The van der Waals surface area contributed by atoms with Crippen LogP contribution < -0.4 is 4.74 Å². The quantitative estimate of drug-likeness (QED) is 0.344. The van der Waals surface area contributed by atoms with Crippen molar-refractivity contribution in [1.82, 2.24) is 20.2 Å². The van der Waals surface area contributed by atoms with Gasteiger partial charge in [0.1, 0.15) is 18.1 Å². The molecule has 150 valence electrons. The summed E-state index contributed by atoms with van der Waals surface area (Å²) in [5.41, 5.74) is 1.61. The van der Waals surface area contributed by atoms with Gasteiger partial charge in [-0.25, -0.2) is 4.79 Å². The molecule has 4 rings (SSSR count). The molecule has 0 aliphatic heterocycles. The number of ether oxygens (including phenoxy) is 2. The molecule has 0 unspecified atom stereocenters. The summed E-state index contributed by atoms with van der Waals surface area (Å²) in [7, 11) is 1.57. The smallest absolute Gasteiger partial charge is 0.357 e. The first kappa shape index (κ1) is 19.1. The highest BCUT2D eigenvalue weighted by Crippen LogP contribution is 2.23. The predicted molar refractivity (Wildman–Crippen MR) is 109 cm³/mol. The Morgan fingerprint density at radius 3 is 2.63 bits per heavy atom. The van der Waals surface area contributed by atoms with E-state index in [0.29, 0.717) is 17.3 Å². The van der Waals surface area contributed by atoms with E-state index in [1.807, 2.05) is 48.5 Å². The summed E-state index contributed by atoms with van der Waals surface area (Å²) in [6.45, 7) is 0.0289. The fraction of sp³-hybridized carbons (Fsp3) is 0.0909. The maximum atomic E-state index is 13.0. The molecule has 30 heavy (non-hydrogen) atoms. The number of nitrogens with zero attached hydrogens (tertiary/aromatic N) is 4. The molecule has 8 nitrogen and oxygen atoms in total. The van der Waals surface area contributed by atoms with Crippen LogP contribution in [0.2, 0.25) is 0 Å². The highest BCUT2D eigenvalue weighted by molar-refractivity contribution is 6.15. The van der Waals surface area contributed by atoms with Crippen LogP contribution in [0.4, 0.5) is 0 Å². The van der Waals surface area contributed by atoms with Gasteiger partial charge in [0.05, 0.1) is 13.4 Å². The number of methoxy groups -OCH3 is 1. The third-order valence-corrected chi connectivity index (χ3v) is 4.31. The SMILES string of the molecule is COc1ccccc1COC(=O)/C(=C/c1ccco1)n1nnnc1-c1ccccc1. The molecule has 2 aromatic carbocycles. The summed E-state index contributed by atoms with van der Waals surface area (Å²) in [6.07, 6.45) is 3.05. The van der Waals surface area contributed by atoms with Crippen LogP contribution in [0.25, 0.3) is 23.2 Å². The first-order chi connectivity index (χ1) is 14.8. The molecule has 0 aliphatic rings. The topological polar surface area (TPSA) is 92.3 Å². The molecule has 0 radical (unpaired) electrons. The lowest BCUT2D eigenvalue weighted by Crippen LogP contribution is -2.15. The van der Waals surface area contributed by atoms with Crippen molar-refractivity contribution in [3.05, 3.63) is 84.3 Å². The van der Waals surface area contributed by atoms with Crippen LogP contribution in [0.1, 0.15) is 11.3 Å². The largest absolute Gasteiger partial charge is 0.496 e. The van der Waals surface area contributed by atoms with Gasteiger partial charge < -0.3 is 13.9 Å². The number of carbonyl (C=O) groups is 1. The number of hydrogen-bond acceptors (Lipinski definition) is 7. The van der Waals surface area contributed by atoms with E-state index in [1.54, 1.807) is 25.3 Å². The highest BCUT2D eigenvalue weighted by atomic mass is 16.5. The van der Waals surface area contributed by atoms with Crippen LogP contribution in [0.5, 0.6) is 5.75 Å². The number of hydrogen-bond donors (Lipinski definition) is 0. The monoisotopic (exact) mass is 402 g/mol. The Balaban J connectivity index is 1.67. The number of rotatable bonds is 7. The van der Waals surface area contributed by atoms with Crippen molar-refractivity contribution < 1.29 is 18.7 Å². The van der Waals surface area contributed by atoms with Gasteiger partial charge in [-0.2, -0.15) is 4.68 Å². The zero-order valence-electron chi connectivity index (χ0n) is 16.1. The van der Waals surface area contributed by atoms with Crippen LogP contribution in [0, 0.1) is 0 Å². The van der Waals surface area contributed by atoms with Crippen LogP contribution in [0.3, 0.4) is 0 Å². The maximum Gasteiger partial charge on any atom is 0.357 e. The second-order valence-electron chi connectivity index (χ2n) is 6.21. The van der Waals surface area contributed by atoms with Crippen molar-refractivity contribution in [3.63, 3.8) is 0 Å². The summed E-state index contributed by atoms with van der Waals surface area (Å²) < 4.78 is 17.6. The van der Waals surface area contributed by atoms with E-state index in [9.17, 15) is 4.79 Å². The number of aromatic nitrogens is 4. The molecule has 0 spiro atoms. The summed E-state index contributed by atoms with van der Waals surface area (Å²) in [5, 5.41) is 11.8. The minimum Gasteiger partial charge on any atom is -0.496 e. The van der Waals surface area contributed by atoms with Crippen molar-refractivity contribution in [2.75, 3.05) is 7.11 Å². The lowest BCUT2D eigenvalue weighted by atomic mass is 10.2. The summed E-state index contributed by atoms with van der Waals surface area (Å²) in [4.78, 5) is 13.0. The molecule has 2 heterocycles. The first-order valence-corrected chi connectivity index (χ1v) is 9.14. The van der Waals surface area contributed by atoms with E-state index in [-0.39, 0.29) is 12.3 Å². The molecule has 0 N–H and O–H groups in total. The fourth-order valence-corrected chi connectivity index (χ4v) is 2.87. The van der Waals surface area contributed by atoms with Gasteiger partial charge in [-0.3, -0.25) is 0 Å². The van der Waals surface area contributed by atoms with Crippen molar-refractivity contribution in [1.29, 1.82) is 0 Å². The minimum absolute atomic E-state index is 0.0289. The van der Waals surface area contributed by atoms with E-state index >= 15 is 0 Å². The Morgan fingerprint density at radius 1 is 1.07 bits per heavy atom. The first-order valence-electron chi connectivity index (χ1n) is 9.14. The van der Waals surface area contributed by atoms with E-state index in [1.165, 1.54) is 17.0 Å². The molecule has 8 heteroatoms. The Bertz CT molecular complexity index is 1150. The van der Waals surface area contributed by atoms with Gasteiger partial charge in [0, 0.05) is 17.2 Å². The molecular formula is C22H18N4O4. The summed E-state index contributed by atoms with van der Waals surface area (Å²) in [6, 6.07) is 20.1. The van der Waals surface area contributed by atoms with Gasteiger partial charge in [-0.05, 0) is 28.6 Å². The third kappa shape index (κ3) is 4.12. The number of benzene rings is 2. The lowest BCUT2D eigenvalue weighted by Gasteiger charge is -2.11. The molecule has 4 aromatic rings. The zero-order chi connectivity index (χ0) is 20.8. The molecule has 0 aliphatic carbocycles. The van der Waals surface area contributed by atoms with Crippen molar-refractivity contribution in [2.45, 2.75) is 6.61 Å². The minimum atomic E-state index is -0.609. The standard InChI is InChI=1S/C22H18N4O4/c1-28-20-12-6-5-10-17(20)15-30-22(27)19(14-18-11-7-13-29-18)26-21(23-24-25-26)16-8-3-2-4-9-16/h2-14H,15H2,1H3/b19-14-. The van der Waals surface area contributed by atoms with Gasteiger partial charge in [0.2, 0.25) is 0 Å². The molecule has 0 fully saturated rings. The number of esters is 1. The van der Waals surface area contributed by atoms with Crippen LogP contribution in [-0.2, 0) is 16.1 Å². The van der Waals surface area contributed by atoms with Gasteiger partial charge in [-0.15, -0.1) is 5.10 Å². The Morgan fingerprint density at radius 2 is 1.87 bits per heavy atom. The number of tetrazole rings is 1.